The normalized spacial score (nSPS) is 11.1. The highest BCUT2D eigenvalue weighted by molar-refractivity contribution is 9.12. The molecule has 0 spiro atoms. The van der Waals surface area contributed by atoms with E-state index in [2.05, 4.69) is 15.9 Å². The lowest BCUT2D eigenvalue weighted by Crippen LogP contribution is -2.05. The van der Waals surface area contributed by atoms with Crippen molar-refractivity contribution in [3.63, 3.8) is 0 Å². The van der Waals surface area contributed by atoms with Crippen LogP contribution in [-0.4, -0.2) is 33.7 Å². The molecule has 0 fully saturated rings. The van der Waals surface area contributed by atoms with E-state index in [0.717, 1.165) is 5.56 Å². The number of allylic oxidation sites excluding steroid dienone is 1. The number of carbonyl (C=O) groups excluding carboxylic acids is 1. The molecule has 0 radical (unpaired) electrons. The lowest BCUT2D eigenvalue weighted by Gasteiger charge is -2.15. The maximum absolute atomic E-state index is 12.9. The molecule has 0 heterocycles. The SMILES string of the molecule is CCOc1ccc(C=C(Br)C(=O)c2ccc(OC)c(OC)c2OC)cc1N. The van der Waals surface area contributed by atoms with Crippen LogP contribution in [0.1, 0.15) is 22.8 Å². The van der Waals surface area contributed by atoms with Crippen molar-refractivity contribution in [2.45, 2.75) is 6.92 Å². The van der Waals surface area contributed by atoms with Gasteiger partial charge in [0.05, 0.1) is 43.7 Å². The molecule has 0 aliphatic heterocycles. The Morgan fingerprint density at radius 2 is 1.70 bits per heavy atom. The number of halogens is 1. The van der Waals surface area contributed by atoms with E-state index in [0.29, 0.717) is 45.3 Å². The van der Waals surface area contributed by atoms with Crippen LogP contribution < -0.4 is 24.7 Å². The van der Waals surface area contributed by atoms with Crippen LogP contribution in [0.25, 0.3) is 6.08 Å². The van der Waals surface area contributed by atoms with Gasteiger partial charge in [0, 0.05) is 0 Å². The quantitative estimate of drug-likeness (QED) is 0.377. The van der Waals surface area contributed by atoms with Gasteiger partial charge in [-0.05, 0) is 58.8 Å². The van der Waals surface area contributed by atoms with Crippen LogP contribution in [0.15, 0.2) is 34.8 Å². The van der Waals surface area contributed by atoms with Gasteiger partial charge in [-0.15, -0.1) is 0 Å². The highest BCUT2D eigenvalue weighted by Gasteiger charge is 2.22. The number of ketones is 1. The Hall–Kier alpha value is -2.67. The molecule has 2 N–H and O–H groups in total. The molecule has 2 rings (SSSR count). The first-order valence-electron chi connectivity index (χ1n) is 8.19. The predicted octanol–water partition coefficient (Wildman–Crippen LogP) is 4.31. The van der Waals surface area contributed by atoms with E-state index in [1.807, 2.05) is 13.0 Å². The zero-order chi connectivity index (χ0) is 20.0. The number of ether oxygens (including phenoxy) is 4. The number of nitrogen functional groups attached to an aromatic ring is 1. The average Bonchev–Trinajstić information content (AvgIpc) is 2.68. The van der Waals surface area contributed by atoms with Crippen molar-refractivity contribution in [2.75, 3.05) is 33.7 Å². The van der Waals surface area contributed by atoms with Gasteiger partial charge in [-0.25, -0.2) is 0 Å². The van der Waals surface area contributed by atoms with E-state index in [9.17, 15) is 4.79 Å². The van der Waals surface area contributed by atoms with E-state index < -0.39 is 0 Å². The van der Waals surface area contributed by atoms with Crippen molar-refractivity contribution in [2.24, 2.45) is 0 Å². The summed E-state index contributed by atoms with van der Waals surface area (Å²) >= 11 is 3.35. The van der Waals surface area contributed by atoms with E-state index in [1.54, 1.807) is 30.3 Å². The zero-order valence-electron chi connectivity index (χ0n) is 15.7. The van der Waals surface area contributed by atoms with Crippen molar-refractivity contribution in [1.29, 1.82) is 0 Å². The van der Waals surface area contributed by atoms with Gasteiger partial charge in [0.1, 0.15) is 5.75 Å². The van der Waals surface area contributed by atoms with Crippen molar-refractivity contribution in [3.8, 4) is 23.0 Å². The molecule has 0 saturated heterocycles. The molecule has 27 heavy (non-hydrogen) atoms. The maximum atomic E-state index is 12.9. The molecular weight excluding hydrogens is 414 g/mol. The summed E-state index contributed by atoms with van der Waals surface area (Å²) in [5, 5.41) is 0. The third-order valence-corrected chi connectivity index (χ3v) is 4.38. The Bertz CT molecular complexity index is 864. The molecule has 6 nitrogen and oxygen atoms in total. The molecule has 0 saturated carbocycles. The van der Waals surface area contributed by atoms with Crippen molar-refractivity contribution in [1.82, 2.24) is 0 Å². The fourth-order valence-electron chi connectivity index (χ4n) is 2.56. The number of Topliss-reactive ketones (excluding diaryl/α,β-unsaturated/α-hetero) is 1. The number of methoxy groups -OCH3 is 3. The van der Waals surface area contributed by atoms with Gasteiger partial charge < -0.3 is 24.7 Å². The largest absolute Gasteiger partial charge is 0.493 e. The van der Waals surface area contributed by atoms with Crippen molar-refractivity contribution in [3.05, 3.63) is 45.9 Å². The second kappa shape index (κ2) is 9.32. The Balaban J connectivity index is 2.40. The number of anilines is 1. The van der Waals surface area contributed by atoms with Gasteiger partial charge in [0.25, 0.3) is 0 Å². The monoisotopic (exact) mass is 435 g/mol. The van der Waals surface area contributed by atoms with Gasteiger partial charge in [0.2, 0.25) is 11.5 Å². The lowest BCUT2D eigenvalue weighted by molar-refractivity contribution is 0.104. The molecule has 0 atom stereocenters. The Kier molecular flexibility index (Phi) is 7.12. The van der Waals surface area contributed by atoms with E-state index in [1.165, 1.54) is 21.3 Å². The van der Waals surface area contributed by atoms with Gasteiger partial charge in [0.15, 0.2) is 11.5 Å². The molecule has 144 valence electrons. The molecule has 0 unspecified atom stereocenters. The summed E-state index contributed by atoms with van der Waals surface area (Å²) in [5.41, 5.74) is 7.59. The zero-order valence-corrected chi connectivity index (χ0v) is 17.3. The third kappa shape index (κ3) is 4.54. The maximum Gasteiger partial charge on any atom is 0.204 e. The standard InChI is InChI=1S/C20H22BrNO5/c1-5-27-16-8-6-12(11-15(16)22)10-14(21)18(23)13-7-9-17(24-2)20(26-4)19(13)25-3/h6-11H,5,22H2,1-4H3. The first kappa shape index (κ1) is 20.6. The Labute approximate surface area is 167 Å². The summed E-state index contributed by atoms with van der Waals surface area (Å²) in [5.74, 6) is 1.49. The molecule has 0 bridgehead atoms. The highest BCUT2D eigenvalue weighted by Crippen LogP contribution is 2.41. The molecule has 7 heteroatoms. The second-order valence-electron chi connectivity index (χ2n) is 5.43. The lowest BCUT2D eigenvalue weighted by atomic mass is 10.1. The first-order valence-corrected chi connectivity index (χ1v) is 8.99. The third-order valence-electron chi connectivity index (χ3n) is 3.79. The molecule has 0 aliphatic rings. The van der Waals surface area contributed by atoms with E-state index >= 15 is 0 Å². The summed E-state index contributed by atoms with van der Waals surface area (Å²) in [7, 11) is 4.48. The fraction of sp³-hybridized carbons (Fsp3) is 0.250. The predicted molar refractivity (Wildman–Crippen MR) is 109 cm³/mol. The van der Waals surface area contributed by atoms with Crippen LogP contribution in [0.5, 0.6) is 23.0 Å². The number of benzene rings is 2. The fourth-order valence-corrected chi connectivity index (χ4v) is 3.04. The van der Waals surface area contributed by atoms with Gasteiger partial charge in [-0.1, -0.05) is 6.07 Å². The molecule has 2 aromatic carbocycles. The summed E-state index contributed by atoms with van der Waals surface area (Å²) in [6, 6.07) is 8.62. The summed E-state index contributed by atoms with van der Waals surface area (Å²) in [6.45, 7) is 2.42. The second-order valence-corrected chi connectivity index (χ2v) is 6.29. The summed E-state index contributed by atoms with van der Waals surface area (Å²) in [6.07, 6.45) is 1.69. The van der Waals surface area contributed by atoms with Crippen LogP contribution in [0.3, 0.4) is 0 Å². The van der Waals surface area contributed by atoms with Crippen molar-refractivity contribution >= 4 is 33.5 Å². The van der Waals surface area contributed by atoms with Crippen LogP contribution in [0, 0.1) is 0 Å². The van der Waals surface area contributed by atoms with Crippen LogP contribution >= 0.6 is 15.9 Å². The topological polar surface area (TPSA) is 80.0 Å². The highest BCUT2D eigenvalue weighted by atomic mass is 79.9. The van der Waals surface area contributed by atoms with Crippen LogP contribution in [0.2, 0.25) is 0 Å². The number of hydrogen-bond donors (Lipinski definition) is 1. The number of hydrogen-bond acceptors (Lipinski definition) is 6. The van der Waals surface area contributed by atoms with Crippen LogP contribution in [-0.2, 0) is 0 Å². The minimum absolute atomic E-state index is 0.264. The van der Waals surface area contributed by atoms with Gasteiger partial charge >= 0.3 is 0 Å². The van der Waals surface area contributed by atoms with E-state index in [4.69, 9.17) is 24.7 Å². The molecular formula is C20H22BrNO5. The molecule has 0 aromatic heterocycles. The Morgan fingerprint density at radius 1 is 1.04 bits per heavy atom. The summed E-state index contributed by atoms with van der Waals surface area (Å²) in [4.78, 5) is 12.9. The number of nitrogens with two attached hydrogens (primary N) is 1. The van der Waals surface area contributed by atoms with Crippen LogP contribution in [0.4, 0.5) is 5.69 Å². The van der Waals surface area contributed by atoms with Gasteiger partial charge in [-0.3, -0.25) is 4.79 Å². The van der Waals surface area contributed by atoms with Crippen molar-refractivity contribution < 1.29 is 23.7 Å². The summed E-state index contributed by atoms with van der Waals surface area (Å²) < 4.78 is 21.7. The van der Waals surface area contributed by atoms with E-state index in [-0.39, 0.29) is 5.78 Å². The smallest absolute Gasteiger partial charge is 0.204 e. The average molecular weight is 436 g/mol. The molecule has 2 aromatic rings. The Morgan fingerprint density at radius 3 is 2.26 bits per heavy atom. The number of rotatable bonds is 8. The van der Waals surface area contributed by atoms with Gasteiger partial charge in [-0.2, -0.15) is 0 Å². The first-order chi connectivity index (χ1) is 13.0. The number of carbonyl (C=O) groups is 1. The molecule has 0 aliphatic carbocycles. The minimum atomic E-state index is -0.264. The molecule has 0 amide bonds. The minimum Gasteiger partial charge on any atom is -0.493 e.